The zero-order chi connectivity index (χ0) is 13.2. The van der Waals surface area contributed by atoms with Crippen molar-refractivity contribution in [3.8, 4) is 0 Å². The molecule has 1 N–H and O–H groups in total. The molecule has 100 valence electrons. The molecule has 1 aromatic rings. The molecule has 1 aliphatic rings. The molecule has 0 amide bonds. The topological polar surface area (TPSA) is 102 Å². The summed E-state index contributed by atoms with van der Waals surface area (Å²) < 4.78 is 28.0. The zero-order valence-corrected chi connectivity index (χ0v) is 10.8. The smallest absolute Gasteiger partial charge is 0.316 e. The minimum Gasteiger partial charge on any atom is -0.465 e. The summed E-state index contributed by atoms with van der Waals surface area (Å²) in [7, 11) is -3.05. The number of H-pyrrole nitrogens is 1. The van der Waals surface area contributed by atoms with Crippen molar-refractivity contribution in [2.24, 2.45) is 5.92 Å². The highest BCUT2D eigenvalue weighted by Gasteiger charge is 2.40. The van der Waals surface area contributed by atoms with E-state index in [0.717, 1.165) is 0 Å². The highest BCUT2D eigenvalue weighted by atomic mass is 32.2. The molecule has 0 spiro atoms. The van der Waals surface area contributed by atoms with Crippen LogP contribution in [-0.2, 0) is 19.4 Å². The second-order valence-electron chi connectivity index (χ2n) is 4.26. The summed E-state index contributed by atoms with van der Waals surface area (Å²) in [6, 6.07) is 0. The van der Waals surface area contributed by atoms with Crippen LogP contribution in [0.2, 0.25) is 0 Å². The van der Waals surface area contributed by atoms with Gasteiger partial charge in [-0.1, -0.05) is 0 Å². The predicted octanol–water partition coefficient (Wildman–Crippen LogP) is -0.114. The number of hydrogen-bond donors (Lipinski definition) is 1. The lowest BCUT2D eigenvalue weighted by atomic mass is 9.91. The molecule has 0 bridgehead atoms. The van der Waals surface area contributed by atoms with Crippen molar-refractivity contribution in [3.05, 3.63) is 12.2 Å². The van der Waals surface area contributed by atoms with Crippen molar-refractivity contribution >= 4 is 15.8 Å². The Morgan fingerprint density at radius 2 is 2.44 bits per heavy atom. The Bertz CT molecular complexity index is 511. The highest BCUT2D eigenvalue weighted by molar-refractivity contribution is 7.91. The number of rotatable bonds is 4. The number of esters is 1. The molecule has 7 nitrogen and oxygen atoms in total. The number of carbonyl (C=O) groups is 1. The van der Waals surface area contributed by atoms with Gasteiger partial charge in [0.25, 0.3) is 0 Å². The van der Waals surface area contributed by atoms with Crippen LogP contribution >= 0.6 is 0 Å². The van der Waals surface area contributed by atoms with Crippen LogP contribution in [0.5, 0.6) is 0 Å². The molecule has 2 atom stereocenters. The lowest BCUT2D eigenvalue weighted by Crippen LogP contribution is -2.26. The van der Waals surface area contributed by atoms with Crippen molar-refractivity contribution in [2.45, 2.75) is 19.3 Å². The summed E-state index contributed by atoms with van der Waals surface area (Å²) in [5.74, 6) is -0.933. The second-order valence-corrected chi connectivity index (χ2v) is 6.49. The maximum atomic E-state index is 11.9. The normalized spacial score (nSPS) is 23.7. The first kappa shape index (κ1) is 13.0. The van der Waals surface area contributed by atoms with Gasteiger partial charge in [-0.15, -0.1) is 0 Å². The third-order valence-electron chi connectivity index (χ3n) is 3.01. The minimum atomic E-state index is -3.05. The molecular formula is C10H15N3O4S. The number of aromatic nitrogens is 3. The summed E-state index contributed by atoms with van der Waals surface area (Å²) in [5.41, 5.74) is 0. The fourth-order valence-electron chi connectivity index (χ4n) is 2.21. The van der Waals surface area contributed by atoms with E-state index in [-0.39, 0.29) is 24.0 Å². The molecule has 1 saturated heterocycles. The molecule has 0 saturated carbocycles. The molecule has 0 aliphatic carbocycles. The van der Waals surface area contributed by atoms with E-state index in [9.17, 15) is 13.2 Å². The first-order valence-electron chi connectivity index (χ1n) is 5.76. The first-order chi connectivity index (χ1) is 8.53. The quantitative estimate of drug-likeness (QED) is 0.768. The van der Waals surface area contributed by atoms with Gasteiger partial charge in [0.1, 0.15) is 18.1 Å². The molecule has 1 aliphatic heterocycles. The van der Waals surface area contributed by atoms with Gasteiger partial charge in [-0.25, -0.2) is 13.4 Å². The van der Waals surface area contributed by atoms with Crippen LogP contribution in [0.1, 0.15) is 25.1 Å². The van der Waals surface area contributed by atoms with E-state index in [0.29, 0.717) is 12.2 Å². The molecule has 18 heavy (non-hydrogen) atoms. The van der Waals surface area contributed by atoms with E-state index in [1.54, 1.807) is 6.92 Å². The third kappa shape index (κ3) is 2.69. The molecule has 0 aromatic carbocycles. The molecular weight excluding hydrogens is 258 g/mol. The lowest BCUT2D eigenvalue weighted by Gasteiger charge is -2.18. The lowest BCUT2D eigenvalue weighted by molar-refractivity contribution is -0.146. The summed E-state index contributed by atoms with van der Waals surface area (Å²) in [6.07, 6.45) is 1.75. The van der Waals surface area contributed by atoms with Gasteiger partial charge < -0.3 is 4.74 Å². The van der Waals surface area contributed by atoms with E-state index in [1.165, 1.54) is 6.33 Å². The molecule has 2 rings (SSSR count). The minimum absolute atomic E-state index is 0.00280. The molecule has 0 radical (unpaired) electrons. The summed E-state index contributed by atoms with van der Waals surface area (Å²) in [5, 5.41) is 6.32. The van der Waals surface area contributed by atoms with Gasteiger partial charge in [-0.2, -0.15) is 5.10 Å². The van der Waals surface area contributed by atoms with E-state index >= 15 is 0 Å². The summed E-state index contributed by atoms with van der Waals surface area (Å²) >= 11 is 0. The fourth-order valence-corrected chi connectivity index (χ4v) is 4.05. The third-order valence-corrected chi connectivity index (χ3v) is 4.80. The summed E-state index contributed by atoms with van der Waals surface area (Å²) in [6.45, 7) is 1.96. The van der Waals surface area contributed by atoms with Crippen molar-refractivity contribution < 1.29 is 17.9 Å². The Morgan fingerprint density at radius 1 is 1.67 bits per heavy atom. The van der Waals surface area contributed by atoms with Crippen LogP contribution in [0, 0.1) is 5.92 Å². The first-order valence-corrected chi connectivity index (χ1v) is 7.58. The maximum absolute atomic E-state index is 11.9. The molecule has 2 unspecified atom stereocenters. The van der Waals surface area contributed by atoms with E-state index < -0.39 is 21.7 Å². The number of sulfone groups is 1. The van der Waals surface area contributed by atoms with Crippen molar-refractivity contribution in [3.63, 3.8) is 0 Å². The van der Waals surface area contributed by atoms with Gasteiger partial charge in [0, 0.05) is 0 Å². The number of aromatic amines is 1. The van der Waals surface area contributed by atoms with Crippen LogP contribution in [0.15, 0.2) is 6.33 Å². The molecule has 2 heterocycles. The number of carbonyl (C=O) groups excluding carboxylic acids is 1. The average molecular weight is 273 g/mol. The van der Waals surface area contributed by atoms with Gasteiger partial charge in [-0.05, 0) is 19.3 Å². The fraction of sp³-hybridized carbons (Fsp3) is 0.700. The van der Waals surface area contributed by atoms with E-state index in [1.807, 2.05) is 0 Å². The average Bonchev–Trinajstić information content (AvgIpc) is 2.90. The highest BCUT2D eigenvalue weighted by Crippen LogP contribution is 2.32. The number of nitrogens with zero attached hydrogens (tertiary/aromatic N) is 2. The predicted molar refractivity (Wildman–Crippen MR) is 62.5 cm³/mol. The summed E-state index contributed by atoms with van der Waals surface area (Å²) in [4.78, 5) is 15.9. The van der Waals surface area contributed by atoms with Crippen molar-refractivity contribution in [2.75, 3.05) is 18.1 Å². The van der Waals surface area contributed by atoms with Gasteiger partial charge in [-0.3, -0.25) is 9.89 Å². The Labute approximate surface area is 105 Å². The van der Waals surface area contributed by atoms with Crippen LogP contribution in [0.25, 0.3) is 0 Å². The largest absolute Gasteiger partial charge is 0.465 e. The van der Waals surface area contributed by atoms with Gasteiger partial charge in [0.2, 0.25) is 0 Å². The molecule has 1 aromatic heterocycles. The molecule has 8 heteroatoms. The zero-order valence-electron chi connectivity index (χ0n) is 10.00. The van der Waals surface area contributed by atoms with Crippen LogP contribution < -0.4 is 0 Å². The monoisotopic (exact) mass is 273 g/mol. The van der Waals surface area contributed by atoms with Crippen LogP contribution in [0.4, 0.5) is 0 Å². The molecule has 1 fully saturated rings. The maximum Gasteiger partial charge on any atom is 0.316 e. The number of ether oxygens (including phenoxy) is 1. The van der Waals surface area contributed by atoms with E-state index in [4.69, 9.17) is 4.74 Å². The van der Waals surface area contributed by atoms with Gasteiger partial charge in [0.05, 0.1) is 18.1 Å². The second kappa shape index (κ2) is 5.05. The Balaban J connectivity index is 2.23. The standard InChI is InChI=1S/C10H15N3O4S/c1-2-17-10(14)8(9-11-6-12-13-9)7-3-4-18(15,16)5-7/h6-8H,2-5H2,1H3,(H,11,12,13). The van der Waals surface area contributed by atoms with Crippen LogP contribution in [-0.4, -0.2) is 47.7 Å². The van der Waals surface area contributed by atoms with Crippen molar-refractivity contribution in [1.82, 2.24) is 15.2 Å². The van der Waals surface area contributed by atoms with E-state index in [2.05, 4.69) is 15.2 Å². The van der Waals surface area contributed by atoms with Crippen LogP contribution in [0.3, 0.4) is 0 Å². The Morgan fingerprint density at radius 3 is 2.94 bits per heavy atom. The Kier molecular flexibility index (Phi) is 3.65. The van der Waals surface area contributed by atoms with Gasteiger partial charge >= 0.3 is 5.97 Å². The van der Waals surface area contributed by atoms with Crippen molar-refractivity contribution in [1.29, 1.82) is 0 Å². The van der Waals surface area contributed by atoms with Gasteiger partial charge in [0.15, 0.2) is 9.84 Å². The Hall–Kier alpha value is -1.44. The number of hydrogen-bond acceptors (Lipinski definition) is 6. The number of nitrogens with one attached hydrogen (secondary N) is 1. The SMILES string of the molecule is CCOC(=O)C(c1ncn[nH]1)C1CCS(=O)(=O)C1.